The second kappa shape index (κ2) is 7.29. The first-order valence-electron chi connectivity index (χ1n) is 8.38. The summed E-state index contributed by atoms with van der Waals surface area (Å²) < 4.78 is 0. The van der Waals surface area contributed by atoms with Crippen molar-refractivity contribution in [2.24, 2.45) is 0 Å². The third kappa shape index (κ3) is 4.46. The van der Waals surface area contributed by atoms with Gasteiger partial charge in [0.15, 0.2) is 0 Å². The predicted octanol–water partition coefficient (Wildman–Crippen LogP) is 1.51. The van der Waals surface area contributed by atoms with E-state index in [-0.39, 0.29) is 5.91 Å². The maximum Gasteiger partial charge on any atom is 0.235 e. The van der Waals surface area contributed by atoms with E-state index in [1.54, 1.807) is 0 Å². The molecule has 0 aromatic heterocycles. The lowest BCUT2D eigenvalue weighted by Crippen LogP contribution is -2.51. The van der Waals surface area contributed by atoms with Gasteiger partial charge in [-0.15, -0.1) is 6.42 Å². The largest absolute Gasteiger partial charge is 0.339 e. The number of amides is 1. The van der Waals surface area contributed by atoms with Crippen LogP contribution in [0.3, 0.4) is 0 Å². The number of hydrogen-bond acceptors (Lipinski definition) is 3. The molecule has 2 rings (SSSR count). The Labute approximate surface area is 129 Å². The van der Waals surface area contributed by atoms with Gasteiger partial charge in [0.25, 0.3) is 0 Å². The first-order valence-corrected chi connectivity index (χ1v) is 8.38. The van der Waals surface area contributed by atoms with Crippen LogP contribution in [0.15, 0.2) is 0 Å². The van der Waals surface area contributed by atoms with Crippen LogP contribution in [-0.2, 0) is 4.79 Å². The van der Waals surface area contributed by atoms with Crippen molar-refractivity contribution < 1.29 is 4.79 Å². The van der Waals surface area contributed by atoms with Crippen LogP contribution in [0, 0.1) is 12.3 Å². The highest BCUT2D eigenvalue weighted by Crippen LogP contribution is 2.27. The van der Waals surface area contributed by atoms with Crippen molar-refractivity contribution in [1.29, 1.82) is 0 Å². The van der Waals surface area contributed by atoms with Gasteiger partial charge >= 0.3 is 0 Å². The number of carbonyl (C=O) groups is 1. The fourth-order valence-corrected chi connectivity index (χ4v) is 3.14. The van der Waals surface area contributed by atoms with Gasteiger partial charge in [-0.1, -0.05) is 19.8 Å². The molecule has 1 aliphatic carbocycles. The van der Waals surface area contributed by atoms with Gasteiger partial charge in [0, 0.05) is 18.6 Å². The Morgan fingerprint density at radius 2 is 2.10 bits per heavy atom. The normalized spacial score (nSPS) is 22.3. The van der Waals surface area contributed by atoms with Gasteiger partial charge in [-0.05, 0) is 45.1 Å². The zero-order valence-electron chi connectivity index (χ0n) is 13.5. The molecule has 21 heavy (non-hydrogen) atoms. The minimum absolute atomic E-state index is 0.0709. The molecule has 1 aliphatic heterocycles. The van der Waals surface area contributed by atoms with Crippen LogP contribution < -0.4 is 10.6 Å². The SMILES string of the molecule is C#CC(CC)(CC)NC(=O)CN(CC1CCCN1)C1CC1. The smallest absolute Gasteiger partial charge is 0.235 e. The average Bonchev–Trinajstić information content (AvgIpc) is 3.22. The molecule has 0 aromatic carbocycles. The van der Waals surface area contributed by atoms with Crippen molar-refractivity contribution in [3.05, 3.63) is 0 Å². The maximum absolute atomic E-state index is 12.4. The van der Waals surface area contributed by atoms with E-state index >= 15 is 0 Å². The van der Waals surface area contributed by atoms with E-state index in [0.29, 0.717) is 18.6 Å². The molecular weight excluding hydrogens is 262 g/mol. The van der Waals surface area contributed by atoms with Crippen LogP contribution in [0.4, 0.5) is 0 Å². The molecule has 2 aliphatic rings. The lowest BCUT2D eigenvalue weighted by atomic mass is 9.94. The molecule has 1 atom stereocenters. The van der Waals surface area contributed by atoms with Crippen LogP contribution in [0.5, 0.6) is 0 Å². The quantitative estimate of drug-likeness (QED) is 0.666. The molecule has 1 amide bonds. The molecule has 4 heteroatoms. The Morgan fingerprint density at radius 3 is 2.57 bits per heavy atom. The van der Waals surface area contributed by atoms with Gasteiger partial charge in [0.1, 0.15) is 5.54 Å². The number of carbonyl (C=O) groups excluding carboxylic acids is 1. The van der Waals surface area contributed by atoms with Gasteiger partial charge in [-0.25, -0.2) is 0 Å². The molecule has 2 fully saturated rings. The summed E-state index contributed by atoms with van der Waals surface area (Å²) in [5.74, 6) is 2.85. The molecule has 1 unspecified atom stereocenters. The number of hydrogen-bond donors (Lipinski definition) is 2. The summed E-state index contributed by atoms with van der Waals surface area (Å²) in [4.78, 5) is 14.7. The molecule has 0 aromatic rings. The molecule has 0 radical (unpaired) electrons. The van der Waals surface area contributed by atoms with E-state index in [1.807, 2.05) is 13.8 Å². The van der Waals surface area contributed by atoms with Gasteiger partial charge < -0.3 is 10.6 Å². The van der Waals surface area contributed by atoms with Crippen LogP contribution in [0.2, 0.25) is 0 Å². The summed E-state index contributed by atoms with van der Waals surface area (Å²) in [5.41, 5.74) is -0.474. The fourth-order valence-electron chi connectivity index (χ4n) is 3.14. The number of nitrogens with zero attached hydrogens (tertiary/aromatic N) is 1. The van der Waals surface area contributed by atoms with Crippen molar-refractivity contribution in [3.8, 4) is 12.3 Å². The summed E-state index contributed by atoms with van der Waals surface area (Å²) in [7, 11) is 0. The van der Waals surface area contributed by atoms with Crippen LogP contribution in [-0.4, -0.2) is 48.1 Å². The highest BCUT2D eigenvalue weighted by Gasteiger charge is 2.34. The lowest BCUT2D eigenvalue weighted by molar-refractivity contribution is -0.123. The van der Waals surface area contributed by atoms with Gasteiger partial charge in [0.05, 0.1) is 6.54 Å². The van der Waals surface area contributed by atoms with Crippen molar-refractivity contribution in [1.82, 2.24) is 15.5 Å². The number of nitrogens with one attached hydrogen (secondary N) is 2. The van der Waals surface area contributed by atoms with Crippen molar-refractivity contribution in [2.75, 3.05) is 19.6 Å². The zero-order valence-corrected chi connectivity index (χ0v) is 13.5. The van der Waals surface area contributed by atoms with Crippen LogP contribution >= 0.6 is 0 Å². The molecule has 0 spiro atoms. The molecule has 2 N–H and O–H groups in total. The van der Waals surface area contributed by atoms with Crippen molar-refractivity contribution in [3.63, 3.8) is 0 Å². The van der Waals surface area contributed by atoms with Crippen LogP contribution in [0.1, 0.15) is 52.4 Å². The second-order valence-corrected chi connectivity index (χ2v) is 6.44. The molecule has 0 bridgehead atoms. The van der Waals surface area contributed by atoms with E-state index < -0.39 is 5.54 Å². The van der Waals surface area contributed by atoms with E-state index in [4.69, 9.17) is 6.42 Å². The Morgan fingerprint density at radius 1 is 1.38 bits per heavy atom. The Balaban J connectivity index is 1.87. The fraction of sp³-hybridized carbons (Fsp3) is 0.824. The Bertz CT molecular complexity index is 387. The summed E-state index contributed by atoms with van der Waals surface area (Å²) in [6.45, 7) is 6.64. The summed E-state index contributed by atoms with van der Waals surface area (Å²) in [6, 6.07) is 1.15. The topological polar surface area (TPSA) is 44.4 Å². The van der Waals surface area contributed by atoms with Gasteiger partial charge in [-0.3, -0.25) is 9.69 Å². The summed E-state index contributed by atoms with van der Waals surface area (Å²) >= 11 is 0. The van der Waals surface area contributed by atoms with Crippen LogP contribution in [0.25, 0.3) is 0 Å². The highest BCUT2D eigenvalue weighted by molar-refractivity contribution is 5.79. The molecule has 1 saturated carbocycles. The maximum atomic E-state index is 12.4. The summed E-state index contributed by atoms with van der Waals surface area (Å²) in [6.07, 6.45) is 12.1. The lowest BCUT2D eigenvalue weighted by Gasteiger charge is -2.30. The van der Waals surface area contributed by atoms with E-state index in [1.165, 1.54) is 25.7 Å². The number of terminal acetylenes is 1. The van der Waals surface area contributed by atoms with E-state index in [2.05, 4.69) is 21.5 Å². The van der Waals surface area contributed by atoms with Gasteiger partial charge in [-0.2, -0.15) is 0 Å². The van der Waals surface area contributed by atoms with Crippen molar-refractivity contribution >= 4 is 5.91 Å². The zero-order chi connectivity index (χ0) is 15.3. The third-order valence-electron chi connectivity index (χ3n) is 4.89. The monoisotopic (exact) mass is 291 g/mol. The average molecular weight is 291 g/mol. The standard InChI is InChI=1S/C17H29N3O/c1-4-17(5-2,6-3)19-16(21)13-20(15-9-10-15)12-14-8-7-11-18-14/h1,14-15,18H,5-13H2,2-3H3,(H,19,21). The number of rotatable bonds is 8. The predicted molar refractivity (Wildman–Crippen MR) is 85.9 cm³/mol. The highest BCUT2D eigenvalue weighted by atomic mass is 16.2. The van der Waals surface area contributed by atoms with Gasteiger partial charge in [0.2, 0.25) is 5.91 Å². The Hall–Kier alpha value is -1.05. The minimum Gasteiger partial charge on any atom is -0.339 e. The second-order valence-electron chi connectivity index (χ2n) is 6.44. The Kier molecular flexibility index (Phi) is 5.66. The first kappa shape index (κ1) is 16.3. The van der Waals surface area contributed by atoms with Crippen molar-refractivity contribution in [2.45, 2.75) is 70.0 Å². The first-order chi connectivity index (χ1) is 10.1. The molecule has 4 nitrogen and oxygen atoms in total. The summed E-state index contributed by atoms with van der Waals surface area (Å²) in [5, 5.41) is 6.60. The molecular formula is C17H29N3O. The van der Waals surface area contributed by atoms with E-state index in [0.717, 1.165) is 25.9 Å². The van der Waals surface area contributed by atoms with E-state index in [9.17, 15) is 4.79 Å². The molecule has 1 saturated heterocycles. The minimum atomic E-state index is -0.474. The third-order valence-corrected chi connectivity index (χ3v) is 4.89. The molecule has 118 valence electrons. The molecule has 1 heterocycles.